The molecule has 0 heterocycles. The number of nitrogens with one attached hydrogen (secondary N) is 1. The maximum absolute atomic E-state index is 12.1. The summed E-state index contributed by atoms with van der Waals surface area (Å²) in [6.45, 7) is 1.27. The minimum atomic E-state index is -4.21. The summed E-state index contributed by atoms with van der Waals surface area (Å²) < 4.78 is 36.4. The molecule has 1 saturated carbocycles. The Kier molecular flexibility index (Phi) is 5.82. The minimum absolute atomic E-state index is 0.143. The van der Waals surface area contributed by atoms with Crippen molar-refractivity contribution < 1.29 is 18.0 Å². The van der Waals surface area contributed by atoms with E-state index in [9.17, 15) is 18.0 Å². The van der Waals surface area contributed by atoms with Crippen molar-refractivity contribution in [1.29, 1.82) is 0 Å². The lowest BCUT2D eigenvalue weighted by atomic mass is 9.74. The molecule has 1 rings (SSSR count). The molecule has 0 aromatic heterocycles. The number of carbonyl (C=O) groups excluding carboxylic acids is 1. The van der Waals surface area contributed by atoms with E-state index >= 15 is 0 Å². The largest absolute Gasteiger partial charge is 0.401 e. The Balaban J connectivity index is 2.33. The first-order valence-corrected chi connectivity index (χ1v) is 6.94. The van der Waals surface area contributed by atoms with E-state index in [1.165, 1.54) is 7.05 Å². The molecule has 20 heavy (non-hydrogen) atoms. The van der Waals surface area contributed by atoms with Gasteiger partial charge in [0.25, 0.3) is 0 Å². The molecule has 0 aromatic rings. The lowest BCUT2D eigenvalue weighted by Crippen LogP contribution is -2.53. The molecule has 0 bridgehead atoms. The van der Waals surface area contributed by atoms with E-state index < -0.39 is 18.3 Å². The Morgan fingerprint density at radius 2 is 2.10 bits per heavy atom. The molecule has 118 valence electrons. The van der Waals surface area contributed by atoms with E-state index in [0.717, 1.165) is 30.6 Å². The van der Waals surface area contributed by atoms with E-state index in [2.05, 4.69) is 5.32 Å². The number of nitrogens with two attached hydrogens (primary N) is 1. The van der Waals surface area contributed by atoms with Crippen LogP contribution in [-0.2, 0) is 4.79 Å². The summed E-state index contributed by atoms with van der Waals surface area (Å²) in [4.78, 5) is 13.2. The Morgan fingerprint density at radius 3 is 2.65 bits per heavy atom. The molecule has 1 aliphatic carbocycles. The number of nitrogens with zero attached hydrogens (tertiary/aromatic N) is 1. The number of rotatable bonds is 5. The number of hydrogen-bond acceptors (Lipinski definition) is 3. The van der Waals surface area contributed by atoms with Gasteiger partial charge in [-0.1, -0.05) is 12.8 Å². The van der Waals surface area contributed by atoms with Crippen molar-refractivity contribution in [3.63, 3.8) is 0 Å². The fourth-order valence-corrected chi connectivity index (χ4v) is 2.67. The van der Waals surface area contributed by atoms with Crippen molar-refractivity contribution in [3.8, 4) is 0 Å². The summed E-state index contributed by atoms with van der Waals surface area (Å²) in [5.74, 6) is -0.390. The van der Waals surface area contributed by atoms with Gasteiger partial charge >= 0.3 is 6.18 Å². The number of amides is 1. The van der Waals surface area contributed by atoms with Crippen LogP contribution in [0.3, 0.4) is 0 Å². The van der Waals surface area contributed by atoms with Crippen molar-refractivity contribution >= 4 is 5.91 Å². The second-order valence-electron chi connectivity index (χ2n) is 5.95. The summed E-state index contributed by atoms with van der Waals surface area (Å²) >= 11 is 0. The Bertz CT molecular complexity index is 331. The van der Waals surface area contributed by atoms with Gasteiger partial charge in [0.2, 0.25) is 5.91 Å². The summed E-state index contributed by atoms with van der Waals surface area (Å²) in [5.41, 5.74) is 5.60. The average molecular weight is 295 g/mol. The molecule has 0 spiro atoms. The zero-order valence-electron chi connectivity index (χ0n) is 12.1. The van der Waals surface area contributed by atoms with Crippen LogP contribution >= 0.6 is 0 Å². The predicted molar refractivity (Wildman–Crippen MR) is 71.1 cm³/mol. The van der Waals surface area contributed by atoms with Crippen LogP contribution in [0.25, 0.3) is 0 Å². The number of likely N-dealkylation sites (N-methyl/N-ethyl adjacent to an activating group) is 1. The van der Waals surface area contributed by atoms with Gasteiger partial charge in [-0.05, 0) is 26.8 Å². The molecule has 1 aliphatic rings. The second kappa shape index (κ2) is 6.76. The van der Waals surface area contributed by atoms with Crippen molar-refractivity contribution in [2.45, 2.75) is 44.3 Å². The molecule has 2 unspecified atom stereocenters. The van der Waals surface area contributed by atoms with Crippen LogP contribution in [0.2, 0.25) is 0 Å². The lowest BCUT2D eigenvalue weighted by molar-refractivity contribution is -0.142. The van der Waals surface area contributed by atoms with Crippen LogP contribution in [0.15, 0.2) is 0 Å². The van der Waals surface area contributed by atoms with Crippen LogP contribution in [0.5, 0.6) is 0 Å². The highest BCUT2D eigenvalue weighted by Gasteiger charge is 2.37. The topological polar surface area (TPSA) is 58.4 Å². The highest BCUT2D eigenvalue weighted by Crippen LogP contribution is 2.31. The molecule has 3 N–H and O–H groups in total. The molecule has 0 aliphatic heterocycles. The number of alkyl halides is 3. The fraction of sp³-hybridized carbons (Fsp3) is 0.923. The maximum atomic E-state index is 12.1. The van der Waals surface area contributed by atoms with Gasteiger partial charge in [0, 0.05) is 18.6 Å². The molecule has 7 heteroatoms. The lowest BCUT2D eigenvalue weighted by Gasteiger charge is -2.37. The second-order valence-corrected chi connectivity index (χ2v) is 5.95. The quantitative estimate of drug-likeness (QED) is 0.808. The van der Waals surface area contributed by atoms with Crippen LogP contribution in [0, 0.1) is 5.92 Å². The van der Waals surface area contributed by atoms with Gasteiger partial charge in [-0.2, -0.15) is 13.2 Å². The van der Waals surface area contributed by atoms with E-state index in [-0.39, 0.29) is 24.9 Å². The number of halogens is 3. The van der Waals surface area contributed by atoms with Crippen LogP contribution < -0.4 is 11.1 Å². The van der Waals surface area contributed by atoms with Gasteiger partial charge < -0.3 is 11.1 Å². The molecule has 0 radical (unpaired) electrons. The van der Waals surface area contributed by atoms with Crippen LogP contribution in [0.1, 0.15) is 32.6 Å². The average Bonchev–Trinajstić information content (AvgIpc) is 2.25. The fourth-order valence-electron chi connectivity index (χ4n) is 2.67. The summed E-state index contributed by atoms with van der Waals surface area (Å²) in [5, 5.41) is 2.70. The monoisotopic (exact) mass is 295 g/mol. The van der Waals surface area contributed by atoms with Gasteiger partial charge in [0.15, 0.2) is 0 Å². The third kappa shape index (κ3) is 5.66. The zero-order valence-corrected chi connectivity index (χ0v) is 12.1. The minimum Gasteiger partial charge on any atom is -0.355 e. The Labute approximate surface area is 117 Å². The highest BCUT2D eigenvalue weighted by atomic mass is 19.4. The number of carbonyl (C=O) groups is 1. The van der Waals surface area contributed by atoms with Gasteiger partial charge in [-0.15, -0.1) is 0 Å². The highest BCUT2D eigenvalue weighted by molar-refractivity contribution is 5.80. The Hall–Kier alpha value is -0.820. The van der Waals surface area contributed by atoms with Crippen LogP contribution in [-0.4, -0.2) is 49.2 Å². The van der Waals surface area contributed by atoms with Crippen molar-refractivity contribution in [2.24, 2.45) is 11.7 Å². The van der Waals surface area contributed by atoms with Gasteiger partial charge in [-0.3, -0.25) is 9.69 Å². The van der Waals surface area contributed by atoms with Gasteiger partial charge in [0.05, 0.1) is 12.5 Å². The molecule has 0 aromatic carbocycles. The molecule has 4 nitrogen and oxygen atoms in total. The van der Waals surface area contributed by atoms with Gasteiger partial charge in [-0.25, -0.2) is 0 Å². The maximum Gasteiger partial charge on any atom is 0.401 e. The third-order valence-electron chi connectivity index (χ3n) is 3.81. The summed E-state index contributed by atoms with van der Waals surface area (Å²) in [7, 11) is 1.38. The van der Waals surface area contributed by atoms with Gasteiger partial charge in [0.1, 0.15) is 0 Å². The third-order valence-corrected chi connectivity index (χ3v) is 3.81. The Morgan fingerprint density at radius 1 is 1.45 bits per heavy atom. The van der Waals surface area contributed by atoms with Crippen molar-refractivity contribution in [1.82, 2.24) is 10.2 Å². The normalized spacial score (nSPS) is 27.6. The predicted octanol–water partition coefficient (Wildman–Crippen LogP) is 1.50. The SMILES string of the molecule is CN(CCNC(=O)C1CCCCC1(C)N)CC(F)(F)F. The molecule has 1 amide bonds. The van der Waals surface area contributed by atoms with E-state index in [1.807, 2.05) is 6.92 Å². The van der Waals surface area contributed by atoms with E-state index in [1.54, 1.807) is 0 Å². The van der Waals surface area contributed by atoms with E-state index in [4.69, 9.17) is 5.73 Å². The molecule has 0 saturated heterocycles. The van der Waals surface area contributed by atoms with E-state index in [0.29, 0.717) is 0 Å². The summed E-state index contributed by atoms with van der Waals surface area (Å²) in [6, 6.07) is 0. The van der Waals surface area contributed by atoms with Crippen molar-refractivity contribution in [2.75, 3.05) is 26.7 Å². The zero-order chi connectivity index (χ0) is 15.4. The first-order valence-electron chi connectivity index (χ1n) is 6.94. The standard InChI is InChI=1S/C13H24F3N3O/c1-12(17)6-4-3-5-10(12)11(20)18-7-8-19(2)9-13(14,15)16/h10H,3-9,17H2,1-2H3,(H,18,20). The molecular formula is C13H24F3N3O. The van der Waals surface area contributed by atoms with Crippen molar-refractivity contribution in [3.05, 3.63) is 0 Å². The molecular weight excluding hydrogens is 271 g/mol. The number of hydrogen-bond donors (Lipinski definition) is 2. The molecule has 2 atom stereocenters. The first kappa shape index (κ1) is 17.2. The molecule has 1 fully saturated rings. The smallest absolute Gasteiger partial charge is 0.355 e. The van der Waals surface area contributed by atoms with Crippen LogP contribution in [0.4, 0.5) is 13.2 Å². The summed E-state index contributed by atoms with van der Waals surface area (Å²) in [6.07, 6.45) is -0.668. The first-order chi connectivity index (χ1) is 9.12.